The Balaban J connectivity index is 0.000000328. The molecule has 0 aliphatic heterocycles. The van der Waals surface area contributed by atoms with E-state index in [1.165, 1.54) is 12.1 Å². The molecule has 3 aromatic rings. The minimum atomic E-state index is -4.53. The molecule has 0 saturated carbocycles. The van der Waals surface area contributed by atoms with E-state index in [1.807, 2.05) is 43.1 Å². The smallest absolute Gasteiger partial charge is 0.417 e. The zero-order valence-electron chi connectivity index (χ0n) is 21.7. The van der Waals surface area contributed by atoms with Crippen molar-refractivity contribution in [2.45, 2.75) is 38.9 Å². The number of halogens is 3. The lowest BCUT2D eigenvalue weighted by molar-refractivity contribution is -0.148. The first-order valence-corrected chi connectivity index (χ1v) is 11.7. The zero-order chi connectivity index (χ0) is 28.5. The van der Waals surface area contributed by atoms with Crippen LogP contribution in [0.5, 0.6) is 5.75 Å². The number of carboxylic acid groups (broad SMARTS) is 1. The average molecular weight is 529 g/mol. The fourth-order valence-electron chi connectivity index (χ4n) is 3.36. The Hall–Kier alpha value is -4.10. The molecule has 202 valence electrons. The Bertz CT molecular complexity index is 1270. The van der Waals surface area contributed by atoms with Crippen molar-refractivity contribution in [3.8, 4) is 22.9 Å². The van der Waals surface area contributed by atoms with Crippen LogP contribution in [0.25, 0.3) is 11.1 Å². The molecule has 0 spiro atoms. The first kappa shape index (κ1) is 30.1. The Morgan fingerprint density at radius 1 is 1.11 bits per heavy atom. The van der Waals surface area contributed by atoms with Gasteiger partial charge in [0.15, 0.2) is 0 Å². The predicted molar refractivity (Wildman–Crippen MR) is 139 cm³/mol. The molecule has 0 saturated heterocycles. The molecular formula is C28H31F3N4O3. The van der Waals surface area contributed by atoms with E-state index >= 15 is 0 Å². The van der Waals surface area contributed by atoms with E-state index in [9.17, 15) is 23.1 Å². The highest BCUT2D eigenvalue weighted by atomic mass is 19.4. The first-order valence-electron chi connectivity index (χ1n) is 11.7. The molecule has 0 aliphatic carbocycles. The summed E-state index contributed by atoms with van der Waals surface area (Å²) < 4.78 is 42.5. The summed E-state index contributed by atoms with van der Waals surface area (Å²) in [5.74, 6) is 0.0383. The van der Waals surface area contributed by atoms with E-state index in [4.69, 9.17) is 15.7 Å². The Morgan fingerprint density at radius 2 is 1.76 bits per heavy atom. The number of rotatable bonds is 8. The van der Waals surface area contributed by atoms with E-state index in [2.05, 4.69) is 11.1 Å². The van der Waals surface area contributed by atoms with Gasteiger partial charge in [0, 0.05) is 24.6 Å². The normalized spacial score (nSPS) is 11.3. The molecule has 0 aliphatic rings. The van der Waals surface area contributed by atoms with Crippen LogP contribution >= 0.6 is 0 Å². The largest absolute Gasteiger partial charge is 0.493 e. The number of anilines is 1. The SMILES string of the molecule is Cc1cc(-c2ccncc2)ccc1OCCCN(C)C(C)(C)C(=O)O.N#Cc1ccc(N)cc1C(F)(F)F. The van der Waals surface area contributed by atoms with Gasteiger partial charge in [0.2, 0.25) is 0 Å². The fourth-order valence-corrected chi connectivity index (χ4v) is 3.36. The Labute approximate surface area is 220 Å². The molecule has 38 heavy (non-hydrogen) atoms. The van der Waals surface area contributed by atoms with Gasteiger partial charge in [-0.3, -0.25) is 14.7 Å². The van der Waals surface area contributed by atoms with Crippen molar-refractivity contribution in [1.29, 1.82) is 5.26 Å². The molecular weight excluding hydrogens is 497 g/mol. The molecule has 10 heteroatoms. The van der Waals surface area contributed by atoms with Gasteiger partial charge in [0.1, 0.15) is 11.3 Å². The molecule has 0 fully saturated rings. The van der Waals surface area contributed by atoms with E-state index in [0.717, 1.165) is 41.0 Å². The predicted octanol–water partition coefficient (Wildman–Crippen LogP) is 5.78. The lowest BCUT2D eigenvalue weighted by atomic mass is 10.0. The quantitative estimate of drug-likeness (QED) is 0.281. The van der Waals surface area contributed by atoms with Crippen LogP contribution in [0.15, 0.2) is 60.9 Å². The fraction of sp³-hybridized carbons (Fsp3) is 0.321. The molecule has 3 N–H and O–H groups in total. The second-order valence-corrected chi connectivity index (χ2v) is 9.12. The highest BCUT2D eigenvalue weighted by Crippen LogP contribution is 2.32. The molecule has 0 bridgehead atoms. The number of aliphatic carboxylic acids is 1. The number of alkyl halides is 3. The summed E-state index contributed by atoms with van der Waals surface area (Å²) in [7, 11) is 1.82. The number of hydrogen-bond acceptors (Lipinski definition) is 6. The van der Waals surface area contributed by atoms with Gasteiger partial charge in [-0.05, 0) is 93.4 Å². The van der Waals surface area contributed by atoms with Gasteiger partial charge >= 0.3 is 12.1 Å². The third-order valence-corrected chi connectivity index (χ3v) is 6.03. The van der Waals surface area contributed by atoms with Crippen molar-refractivity contribution in [2.24, 2.45) is 0 Å². The molecule has 0 atom stereocenters. The maximum absolute atomic E-state index is 12.2. The van der Waals surface area contributed by atoms with Crippen LogP contribution in [0, 0.1) is 18.3 Å². The zero-order valence-corrected chi connectivity index (χ0v) is 21.7. The highest BCUT2D eigenvalue weighted by molar-refractivity contribution is 5.77. The number of likely N-dealkylation sites (N-methyl/N-ethyl adjacent to an activating group) is 1. The van der Waals surface area contributed by atoms with Crippen LogP contribution in [-0.4, -0.2) is 46.7 Å². The molecule has 0 unspecified atom stereocenters. The van der Waals surface area contributed by atoms with Crippen LogP contribution in [0.2, 0.25) is 0 Å². The summed E-state index contributed by atoms with van der Waals surface area (Å²) in [6.45, 7) is 6.65. The summed E-state index contributed by atoms with van der Waals surface area (Å²) in [6.07, 6.45) is -0.201. The Kier molecular flexibility index (Phi) is 10.2. The Morgan fingerprint density at radius 3 is 2.32 bits per heavy atom. The number of nitriles is 1. The minimum absolute atomic E-state index is 0.00803. The molecule has 0 radical (unpaired) electrons. The monoisotopic (exact) mass is 528 g/mol. The van der Waals surface area contributed by atoms with Gasteiger partial charge < -0.3 is 15.6 Å². The number of aryl methyl sites for hydroxylation is 1. The van der Waals surface area contributed by atoms with Crippen molar-refractivity contribution >= 4 is 11.7 Å². The molecule has 1 heterocycles. The number of carboxylic acids is 1. The average Bonchev–Trinajstić information content (AvgIpc) is 2.87. The number of benzene rings is 2. The number of nitrogens with two attached hydrogens (primary N) is 1. The van der Waals surface area contributed by atoms with Crippen molar-refractivity contribution in [1.82, 2.24) is 9.88 Å². The maximum Gasteiger partial charge on any atom is 0.417 e. The summed E-state index contributed by atoms with van der Waals surface area (Å²) in [4.78, 5) is 17.1. The number of nitrogen functional groups attached to an aromatic ring is 1. The van der Waals surface area contributed by atoms with E-state index in [0.29, 0.717) is 13.2 Å². The van der Waals surface area contributed by atoms with E-state index in [1.54, 1.807) is 26.2 Å². The van der Waals surface area contributed by atoms with E-state index in [-0.39, 0.29) is 5.69 Å². The maximum atomic E-state index is 12.2. The molecule has 7 nitrogen and oxygen atoms in total. The van der Waals surface area contributed by atoms with Crippen molar-refractivity contribution in [3.63, 3.8) is 0 Å². The molecule has 1 aromatic heterocycles. The van der Waals surface area contributed by atoms with Crippen molar-refractivity contribution < 1.29 is 27.8 Å². The summed E-state index contributed by atoms with van der Waals surface area (Å²) >= 11 is 0. The lowest BCUT2D eigenvalue weighted by Gasteiger charge is -2.31. The third-order valence-electron chi connectivity index (χ3n) is 6.03. The standard InChI is InChI=1S/C20H26N2O3.C8H5F3N2/c1-15-14-17(16-8-10-21-11-9-16)6-7-18(15)25-13-5-12-22(4)20(2,3)19(23)24;9-8(10,11)7-3-6(13)2-1-5(7)4-12/h6-11,14H,5,12-13H2,1-4H3,(H,23,24);1-3H,13H2. The molecule has 2 aromatic carbocycles. The van der Waals surface area contributed by atoms with Crippen LogP contribution in [0.4, 0.5) is 18.9 Å². The van der Waals surface area contributed by atoms with Crippen molar-refractivity contribution in [2.75, 3.05) is 25.9 Å². The number of carbonyl (C=O) groups is 1. The second-order valence-electron chi connectivity index (χ2n) is 9.12. The topological polar surface area (TPSA) is 112 Å². The first-order chi connectivity index (χ1) is 17.8. The third kappa shape index (κ3) is 8.21. The van der Waals surface area contributed by atoms with Gasteiger partial charge in [-0.2, -0.15) is 18.4 Å². The molecule has 0 amide bonds. The second kappa shape index (κ2) is 12.9. The molecule has 3 rings (SSSR count). The van der Waals surface area contributed by atoms with Gasteiger partial charge in [-0.25, -0.2) is 0 Å². The van der Waals surface area contributed by atoms with Gasteiger partial charge in [0.05, 0.1) is 23.8 Å². The van der Waals surface area contributed by atoms with Crippen LogP contribution in [-0.2, 0) is 11.0 Å². The lowest BCUT2D eigenvalue weighted by Crippen LogP contribution is -2.48. The minimum Gasteiger partial charge on any atom is -0.493 e. The van der Waals surface area contributed by atoms with Gasteiger partial charge in [-0.1, -0.05) is 6.07 Å². The van der Waals surface area contributed by atoms with Gasteiger partial charge in [-0.15, -0.1) is 0 Å². The number of ether oxygens (including phenoxy) is 1. The van der Waals surface area contributed by atoms with Crippen LogP contribution in [0.3, 0.4) is 0 Å². The van der Waals surface area contributed by atoms with Crippen LogP contribution in [0.1, 0.15) is 37.0 Å². The van der Waals surface area contributed by atoms with Crippen molar-refractivity contribution in [3.05, 3.63) is 77.6 Å². The number of hydrogen-bond donors (Lipinski definition) is 2. The number of nitrogens with zero attached hydrogens (tertiary/aromatic N) is 3. The highest BCUT2D eigenvalue weighted by Gasteiger charge is 2.33. The van der Waals surface area contributed by atoms with Crippen LogP contribution < -0.4 is 10.5 Å². The van der Waals surface area contributed by atoms with Gasteiger partial charge in [0.25, 0.3) is 0 Å². The summed E-state index contributed by atoms with van der Waals surface area (Å²) in [5, 5.41) is 17.6. The summed E-state index contributed by atoms with van der Waals surface area (Å²) in [5.41, 5.74) is 6.22. The number of aromatic nitrogens is 1. The summed E-state index contributed by atoms with van der Waals surface area (Å²) in [6, 6.07) is 14.6. The van der Waals surface area contributed by atoms with E-state index < -0.39 is 28.8 Å². The number of pyridine rings is 1.